The molecule has 0 radical (unpaired) electrons. The number of aliphatic hydroxyl groups excluding tert-OH is 1. The van der Waals surface area contributed by atoms with Crippen molar-refractivity contribution in [3.05, 3.63) is 75.3 Å². The first kappa shape index (κ1) is 26.3. The van der Waals surface area contributed by atoms with Crippen molar-refractivity contribution < 1.29 is 29.1 Å². The van der Waals surface area contributed by atoms with Gasteiger partial charge in [0.15, 0.2) is 0 Å². The third-order valence-electron chi connectivity index (χ3n) is 6.51. The lowest BCUT2D eigenvalue weighted by Crippen LogP contribution is -2.39. The number of nitro groups is 1. The zero-order chi connectivity index (χ0) is 26.4. The Bertz CT molecular complexity index is 1170. The zero-order valence-corrected chi connectivity index (χ0v) is 20.8. The number of non-ortho nitro benzene ring substituents is 1. The topological polar surface area (TPSA) is 122 Å². The molecule has 1 N–H and O–H groups in total. The minimum absolute atomic E-state index is 0.0842. The van der Waals surface area contributed by atoms with Gasteiger partial charge in [0.2, 0.25) is 0 Å². The minimum atomic E-state index is -0.944. The summed E-state index contributed by atoms with van der Waals surface area (Å²) in [5.74, 6) is -1.25. The van der Waals surface area contributed by atoms with Gasteiger partial charge >= 0.3 is 0 Å². The summed E-state index contributed by atoms with van der Waals surface area (Å²) in [7, 11) is 0. The van der Waals surface area contributed by atoms with Crippen molar-refractivity contribution in [3.63, 3.8) is 0 Å². The first-order valence-electron chi connectivity index (χ1n) is 12.5. The van der Waals surface area contributed by atoms with Crippen LogP contribution in [0.5, 0.6) is 5.75 Å². The van der Waals surface area contributed by atoms with Crippen molar-refractivity contribution in [1.82, 2.24) is 9.80 Å². The monoisotopic (exact) mass is 509 g/mol. The number of amides is 1. The molecule has 2 saturated heterocycles. The number of likely N-dealkylation sites (tertiary alicyclic amines) is 1. The quantitative estimate of drug-likeness (QED) is 0.170. The number of hydrogen-bond donors (Lipinski definition) is 1. The number of carbonyl (C=O) groups is 2. The predicted octanol–water partition coefficient (Wildman–Crippen LogP) is 3.53. The van der Waals surface area contributed by atoms with Crippen LogP contribution < -0.4 is 4.74 Å². The largest absolute Gasteiger partial charge is 0.507 e. The van der Waals surface area contributed by atoms with Gasteiger partial charge in [-0.2, -0.15) is 0 Å². The first-order valence-corrected chi connectivity index (χ1v) is 12.5. The van der Waals surface area contributed by atoms with Crippen LogP contribution in [-0.2, 0) is 14.3 Å². The second kappa shape index (κ2) is 12.0. The molecule has 0 aliphatic carbocycles. The Labute approximate surface area is 215 Å². The normalized spacial score (nSPS) is 19.8. The van der Waals surface area contributed by atoms with Gasteiger partial charge in [-0.05, 0) is 42.7 Å². The van der Waals surface area contributed by atoms with Gasteiger partial charge < -0.3 is 19.5 Å². The molecule has 37 heavy (non-hydrogen) atoms. The van der Waals surface area contributed by atoms with Crippen molar-refractivity contribution in [2.75, 3.05) is 46.0 Å². The molecule has 1 atom stereocenters. The Morgan fingerprint density at radius 1 is 1.14 bits per heavy atom. The summed E-state index contributed by atoms with van der Waals surface area (Å²) in [5, 5.41) is 22.7. The molecular formula is C27H31N3O7. The average molecular weight is 510 g/mol. The number of ketones is 1. The van der Waals surface area contributed by atoms with Crippen molar-refractivity contribution in [2.24, 2.45) is 0 Å². The molecule has 2 aliphatic heterocycles. The van der Waals surface area contributed by atoms with Gasteiger partial charge in [-0.3, -0.25) is 24.6 Å². The standard InChI is InChI=1S/C27H31N3O7/c1-2-15-37-22-9-7-19(8-10-22)25(31)23-24(20-5-3-6-21(18-20)30(34)35)29(27(33)26(23)32)12-4-11-28-13-16-36-17-14-28/h3,5-10,18,24,31H,2,4,11-17H2,1H3/b25-23+/t24-/m1/s1. The van der Waals surface area contributed by atoms with E-state index < -0.39 is 22.7 Å². The maximum Gasteiger partial charge on any atom is 0.295 e. The average Bonchev–Trinajstić information content (AvgIpc) is 3.17. The smallest absolute Gasteiger partial charge is 0.295 e. The van der Waals surface area contributed by atoms with E-state index in [2.05, 4.69) is 4.90 Å². The Hall–Kier alpha value is -3.76. The van der Waals surface area contributed by atoms with E-state index in [9.17, 15) is 24.8 Å². The molecule has 1 amide bonds. The van der Waals surface area contributed by atoms with Crippen LogP contribution in [0.1, 0.15) is 36.9 Å². The molecule has 10 heteroatoms. The van der Waals surface area contributed by atoms with E-state index in [0.29, 0.717) is 49.7 Å². The number of hydrogen-bond acceptors (Lipinski definition) is 8. The third-order valence-corrected chi connectivity index (χ3v) is 6.51. The molecule has 2 fully saturated rings. The van der Waals surface area contributed by atoms with E-state index in [1.54, 1.807) is 30.3 Å². The van der Waals surface area contributed by atoms with Gasteiger partial charge in [-0.1, -0.05) is 19.1 Å². The van der Waals surface area contributed by atoms with Gasteiger partial charge in [0.25, 0.3) is 17.4 Å². The number of nitro benzene ring substituents is 1. The first-order chi connectivity index (χ1) is 17.9. The Balaban J connectivity index is 1.67. The fraction of sp³-hybridized carbons (Fsp3) is 0.407. The van der Waals surface area contributed by atoms with Crippen LogP contribution in [0.15, 0.2) is 54.1 Å². The molecule has 0 spiro atoms. The summed E-state index contributed by atoms with van der Waals surface area (Å²) in [6, 6.07) is 11.5. The molecule has 10 nitrogen and oxygen atoms in total. The van der Waals surface area contributed by atoms with Crippen LogP contribution in [0.4, 0.5) is 5.69 Å². The fourth-order valence-corrected chi connectivity index (χ4v) is 4.64. The second-order valence-corrected chi connectivity index (χ2v) is 9.02. The van der Waals surface area contributed by atoms with Crippen molar-refractivity contribution >= 4 is 23.1 Å². The van der Waals surface area contributed by atoms with E-state index >= 15 is 0 Å². The van der Waals surface area contributed by atoms with Crippen LogP contribution in [0, 0.1) is 10.1 Å². The zero-order valence-electron chi connectivity index (χ0n) is 20.8. The molecule has 4 rings (SSSR count). The summed E-state index contributed by atoms with van der Waals surface area (Å²) < 4.78 is 11.0. The Morgan fingerprint density at radius 2 is 1.86 bits per heavy atom. The number of carbonyl (C=O) groups excluding carboxylic acids is 2. The second-order valence-electron chi connectivity index (χ2n) is 9.02. The van der Waals surface area contributed by atoms with Gasteiger partial charge in [-0.25, -0.2) is 0 Å². The number of morpholine rings is 1. The molecule has 0 saturated carbocycles. The molecule has 2 aromatic carbocycles. The number of rotatable bonds is 10. The summed E-state index contributed by atoms with van der Waals surface area (Å²) in [6.07, 6.45) is 1.45. The summed E-state index contributed by atoms with van der Waals surface area (Å²) >= 11 is 0. The molecule has 0 unspecified atom stereocenters. The molecule has 2 aliphatic rings. The van der Waals surface area contributed by atoms with Crippen molar-refractivity contribution in [3.8, 4) is 5.75 Å². The molecule has 2 heterocycles. The maximum atomic E-state index is 13.2. The van der Waals surface area contributed by atoms with Crippen molar-refractivity contribution in [2.45, 2.75) is 25.8 Å². The number of Topliss-reactive ketones (excluding diaryl/α,β-unsaturated/α-hetero) is 1. The number of nitrogens with zero attached hydrogens (tertiary/aromatic N) is 3. The predicted molar refractivity (Wildman–Crippen MR) is 136 cm³/mol. The van der Waals surface area contributed by atoms with E-state index in [1.807, 2.05) is 6.92 Å². The van der Waals surface area contributed by atoms with Crippen LogP contribution in [-0.4, -0.2) is 77.5 Å². The third kappa shape index (κ3) is 5.98. The van der Waals surface area contributed by atoms with Gasteiger partial charge in [0.1, 0.15) is 11.5 Å². The molecular weight excluding hydrogens is 478 g/mol. The lowest BCUT2D eigenvalue weighted by Gasteiger charge is -2.29. The SMILES string of the molecule is CCCOc1ccc(/C(O)=C2\C(=O)C(=O)N(CCCN3CCOCC3)[C@@H]2c2cccc([N+](=O)[O-])c2)cc1. The van der Waals surface area contributed by atoms with E-state index in [-0.39, 0.29) is 23.6 Å². The maximum absolute atomic E-state index is 13.2. The highest BCUT2D eigenvalue weighted by atomic mass is 16.6. The lowest BCUT2D eigenvalue weighted by atomic mass is 9.95. The van der Waals surface area contributed by atoms with Crippen LogP contribution >= 0.6 is 0 Å². The molecule has 0 aromatic heterocycles. The van der Waals surface area contributed by atoms with E-state index in [0.717, 1.165) is 19.5 Å². The Morgan fingerprint density at radius 3 is 2.54 bits per heavy atom. The highest BCUT2D eigenvalue weighted by Gasteiger charge is 2.46. The summed E-state index contributed by atoms with van der Waals surface area (Å²) in [6.45, 7) is 6.42. The minimum Gasteiger partial charge on any atom is -0.507 e. The van der Waals surface area contributed by atoms with Crippen molar-refractivity contribution in [1.29, 1.82) is 0 Å². The van der Waals surface area contributed by atoms with Gasteiger partial charge in [0, 0.05) is 43.9 Å². The van der Waals surface area contributed by atoms with Gasteiger partial charge in [0.05, 0.1) is 36.4 Å². The van der Waals surface area contributed by atoms with E-state index in [1.165, 1.54) is 23.1 Å². The molecule has 2 aromatic rings. The lowest BCUT2D eigenvalue weighted by molar-refractivity contribution is -0.384. The highest BCUT2D eigenvalue weighted by molar-refractivity contribution is 6.46. The fourth-order valence-electron chi connectivity index (χ4n) is 4.64. The van der Waals surface area contributed by atoms with E-state index in [4.69, 9.17) is 9.47 Å². The molecule has 0 bridgehead atoms. The number of benzene rings is 2. The summed E-state index contributed by atoms with van der Waals surface area (Å²) in [5.41, 5.74) is 0.503. The number of ether oxygens (including phenoxy) is 2. The summed E-state index contributed by atoms with van der Waals surface area (Å²) in [4.78, 5) is 40.9. The number of aliphatic hydroxyl groups is 1. The van der Waals surface area contributed by atoms with Crippen LogP contribution in [0.25, 0.3) is 5.76 Å². The highest BCUT2D eigenvalue weighted by Crippen LogP contribution is 2.40. The van der Waals surface area contributed by atoms with Crippen LogP contribution in [0.3, 0.4) is 0 Å². The van der Waals surface area contributed by atoms with Crippen LogP contribution in [0.2, 0.25) is 0 Å². The van der Waals surface area contributed by atoms with Gasteiger partial charge in [-0.15, -0.1) is 0 Å². The Kier molecular flexibility index (Phi) is 8.52. The molecule has 196 valence electrons.